The van der Waals surface area contributed by atoms with Crippen LogP contribution < -0.4 is 5.43 Å². The van der Waals surface area contributed by atoms with Gasteiger partial charge in [-0.1, -0.05) is 13.0 Å². The number of fused-ring (bicyclic) bond motifs is 1. The van der Waals surface area contributed by atoms with Crippen molar-refractivity contribution < 1.29 is 15.4 Å². The highest BCUT2D eigenvalue weighted by atomic mass is 16.3. The quantitative estimate of drug-likeness (QED) is 0.677. The minimum atomic E-state index is -0.691. The maximum absolute atomic E-state index is 11.4. The zero-order chi connectivity index (χ0) is 20.2. The van der Waals surface area contributed by atoms with Crippen LogP contribution >= 0.6 is 0 Å². The number of carbonyl (C=O) groups excluding carboxylic acids is 1. The topological polar surface area (TPSA) is 90.4 Å². The van der Waals surface area contributed by atoms with Crippen LogP contribution in [-0.2, 0) is 4.79 Å². The van der Waals surface area contributed by atoms with E-state index in [9.17, 15) is 9.90 Å². The van der Waals surface area contributed by atoms with Gasteiger partial charge in [-0.15, -0.1) is 0 Å². The number of aromatic nitrogens is 2. The first-order valence-electron chi connectivity index (χ1n) is 9.44. The van der Waals surface area contributed by atoms with E-state index in [2.05, 4.69) is 20.5 Å². The number of phenolic OH excluding ortho intramolecular Hbond substituents is 1. The normalized spacial score (nSPS) is 20.0. The van der Waals surface area contributed by atoms with Gasteiger partial charge in [-0.25, -0.2) is 10.4 Å². The molecule has 1 unspecified atom stereocenters. The molecule has 120 valence electrons. The highest BCUT2D eigenvalue weighted by Crippen LogP contribution is 2.24. The molecular formula is C18H16N4O2. The van der Waals surface area contributed by atoms with Gasteiger partial charge in [0.1, 0.15) is 11.6 Å². The third-order valence-electron chi connectivity index (χ3n) is 3.89. The second-order valence-electron chi connectivity index (χ2n) is 5.68. The van der Waals surface area contributed by atoms with E-state index in [4.69, 9.17) is 5.48 Å². The predicted octanol–water partition coefficient (Wildman–Crippen LogP) is 2.80. The van der Waals surface area contributed by atoms with Crippen molar-refractivity contribution in [2.24, 2.45) is 11.0 Å². The Morgan fingerprint density at radius 1 is 1.25 bits per heavy atom. The molecule has 1 atom stereocenters. The lowest BCUT2D eigenvalue weighted by molar-refractivity contribution is -0.121. The maximum Gasteiger partial charge on any atom is 0.240 e. The number of hydrogen-bond donors (Lipinski definition) is 3. The van der Waals surface area contributed by atoms with Gasteiger partial charge in [0.25, 0.3) is 0 Å². The number of hydrazone groups is 1. The van der Waals surface area contributed by atoms with E-state index in [1.54, 1.807) is 6.07 Å². The minimum absolute atomic E-state index is 0.0128. The van der Waals surface area contributed by atoms with E-state index in [0.717, 1.165) is 11.3 Å². The fourth-order valence-electron chi connectivity index (χ4n) is 2.71. The monoisotopic (exact) mass is 324 g/mol. The van der Waals surface area contributed by atoms with Crippen LogP contribution in [0, 0.1) is 5.92 Å². The molecule has 24 heavy (non-hydrogen) atoms. The molecule has 3 N–H and O–H groups in total. The molecule has 0 fully saturated rings. The van der Waals surface area contributed by atoms with Crippen molar-refractivity contribution in [2.75, 3.05) is 0 Å². The molecule has 0 aliphatic carbocycles. The fraction of sp³-hybridized carbons (Fsp3) is 0.167. The van der Waals surface area contributed by atoms with Gasteiger partial charge in [0.05, 0.1) is 22.2 Å². The molecule has 6 nitrogen and oxygen atoms in total. The van der Waals surface area contributed by atoms with Gasteiger partial charge in [0.2, 0.25) is 5.91 Å². The summed E-state index contributed by atoms with van der Waals surface area (Å²) in [7, 11) is 0. The number of H-pyrrole nitrogens is 1. The average molecular weight is 324 g/mol. The van der Waals surface area contributed by atoms with Crippen molar-refractivity contribution >= 4 is 22.7 Å². The molecular weight excluding hydrogens is 304 g/mol. The minimum Gasteiger partial charge on any atom is -0.508 e. The smallest absolute Gasteiger partial charge is 0.240 e. The Morgan fingerprint density at radius 3 is 2.79 bits per heavy atom. The molecule has 2 aromatic carbocycles. The molecule has 0 bridgehead atoms. The van der Waals surface area contributed by atoms with Crippen LogP contribution in [0.4, 0.5) is 0 Å². The molecule has 1 aliphatic rings. The van der Waals surface area contributed by atoms with Crippen LogP contribution in [0.1, 0.15) is 24.4 Å². The molecule has 6 heteroatoms. The van der Waals surface area contributed by atoms with Crippen LogP contribution in [0.3, 0.4) is 0 Å². The first-order chi connectivity index (χ1) is 13.3. The number of nitrogens with one attached hydrogen (secondary N) is 2. The number of hydrogen-bond acceptors (Lipinski definition) is 4. The van der Waals surface area contributed by atoms with Crippen LogP contribution in [0.25, 0.3) is 22.4 Å². The summed E-state index contributed by atoms with van der Waals surface area (Å²) in [6.07, 6.45) is 0.349. The largest absolute Gasteiger partial charge is 0.508 e. The second-order valence-corrected chi connectivity index (χ2v) is 5.68. The van der Waals surface area contributed by atoms with E-state index in [-0.39, 0.29) is 35.3 Å². The van der Waals surface area contributed by atoms with E-state index in [0.29, 0.717) is 17.5 Å². The lowest BCUT2D eigenvalue weighted by Crippen LogP contribution is -2.31. The molecule has 0 radical (unpaired) electrons. The molecule has 3 aromatic rings. The van der Waals surface area contributed by atoms with Crippen molar-refractivity contribution in [3.63, 3.8) is 0 Å². The summed E-state index contributed by atoms with van der Waals surface area (Å²) in [5.74, 6) is -0.682. The maximum atomic E-state index is 11.4. The summed E-state index contributed by atoms with van der Waals surface area (Å²) in [5, 5.41) is 13.9. The number of aromatic amines is 1. The van der Waals surface area contributed by atoms with Gasteiger partial charge >= 0.3 is 0 Å². The lowest BCUT2D eigenvalue weighted by Gasteiger charge is -2.18. The van der Waals surface area contributed by atoms with E-state index in [1.165, 1.54) is 0 Å². The van der Waals surface area contributed by atoms with Crippen molar-refractivity contribution in [2.45, 2.75) is 13.3 Å². The molecule has 1 aromatic heterocycles. The number of amides is 1. The third-order valence-corrected chi connectivity index (χ3v) is 3.89. The lowest BCUT2D eigenvalue weighted by atomic mass is 9.94. The van der Waals surface area contributed by atoms with Gasteiger partial charge in [0, 0.05) is 23.5 Å². The first kappa shape index (κ1) is 10.6. The summed E-state index contributed by atoms with van der Waals surface area (Å²) >= 11 is 0. The summed E-state index contributed by atoms with van der Waals surface area (Å²) in [6, 6.07) is 3.63. The number of carbonyl (C=O) groups is 1. The number of benzene rings is 2. The molecule has 2 heterocycles. The SMILES string of the molecule is [2H]c1c([2H])c(-c2nc3ccc(C4=NNC(=O)CC4C)cc3[nH]2)c([2H])c([2H])c1O. The molecule has 0 spiro atoms. The summed E-state index contributed by atoms with van der Waals surface area (Å²) < 4.78 is 31.7. The predicted molar refractivity (Wildman–Crippen MR) is 91.7 cm³/mol. The van der Waals surface area contributed by atoms with Gasteiger partial charge in [-0.05, 0) is 36.3 Å². The Balaban J connectivity index is 1.84. The van der Waals surface area contributed by atoms with Crippen LogP contribution in [0.2, 0.25) is 0 Å². The highest BCUT2D eigenvalue weighted by Gasteiger charge is 2.22. The van der Waals surface area contributed by atoms with Crippen molar-refractivity contribution in [3.8, 4) is 17.1 Å². The van der Waals surface area contributed by atoms with E-state index < -0.39 is 17.8 Å². The summed E-state index contributed by atoms with van der Waals surface area (Å²) in [6.45, 7) is 1.92. The molecule has 0 saturated heterocycles. The number of imidazole rings is 1. The van der Waals surface area contributed by atoms with E-state index >= 15 is 0 Å². The highest BCUT2D eigenvalue weighted by molar-refractivity contribution is 6.07. The Kier molecular flexibility index (Phi) is 2.42. The Morgan fingerprint density at radius 2 is 2.04 bits per heavy atom. The van der Waals surface area contributed by atoms with Crippen molar-refractivity contribution in [3.05, 3.63) is 47.9 Å². The fourth-order valence-corrected chi connectivity index (χ4v) is 2.71. The molecule has 0 saturated carbocycles. The molecule has 1 amide bonds. The molecule has 1 aliphatic heterocycles. The van der Waals surface area contributed by atoms with Gasteiger partial charge in [0.15, 0.2) is 0 Å². The van der Waals surface area contributed by atoms with Crippen molar-refractivity contribution in [1.82, 2.24) is 15.4 Å². The van der Waals surface area contributed by atoms with Gasteiger partial charge in [-0.3, -0.25) is 4.79 Å². The first-order valence-corrected chi connectivity index (χ1v) is 7.44. The standard InChI is InChI=1S/C18H16N4O2/c1-10-8-16(24)21-22-17(10)12-4-7-14-15(9-12)20-18(19-14)11-2-5-13(23)6-3-11/h2-7,9-10,23H,8H2,1H3,(H,19,20)(H,21,24)/i2D,3D,5D,6D. The zero-order valence-corrected chi connectivity index (χ0v) is 12.8. The number of phenols is 1. The Bertz CT molecular complexity index is 1140. The average Bonchev–Trinajstić information content (AvgIpc) is 3.07. The van der Waals surface area contributed by atoms with Crippen molar-refractivity contribution in [1.29, 1.82) is 0 Å². The van der Waals surface area contributed by atoms with Gasteiger partial charge < -0.3 is 10.1 Å². The van der Waals surface area contributed by atoms with Gasteiger partial charge in [-0.2, -0.15) is 5.10 Å². The number of nitrogens with zero attached hydrogens (tertiary/aromatic N) is 2. The van der Waals surface area contributed by atoms with Crippen LogP contribution in [0.5, 0.6) is 5.75 Å². The number of rotatable bonds is 2. The van der Waals surface area contributed by atoms with Crippen LogP contribution in [0.15, 0.2) is 47.5 Å². The summed E-state index contributed by atoms with van der Waals surface area (Å²) in [5.41, 5.74) is 5.23. The van der Waals surface area contributed by atoms with E-state index in [1.807, 2.05) is 19.1 Å². The number of aromatic hydroxyl groups is 1. The third kappa shape index (κ3) is 2.52. The summed E-state index contributed by atoms with van der Waals surface area (Å²) in [4.78, 5) is 18.9. The zero-order valence-electron chi connectivity index (χ0n) is 16.8. The molecule has 4 rings (SSSR count). The Labute approximate surface area is 143 Å². The Hall–Kier alpha value is -3.15. The second kappa shape index (κ2) is 5.49. The van der Waals surface area contributed by atoms with Crippen LogP contribution in [-0.4, -0.2) is 26.7 Å².